The Kier molecular flexibility index (Phi) is 8.47. The van der Waals surface area contributed by atoms with Crippen molar-refractivity contribution in [2.75, 3.05) is 11.9 Å². The Hall–Kier alpha value is -2.38. The summed E-state index contributed by atoms with van der Waals surface area (Å²) in [5.41, 5.74) is 3.60. The van der Waals surface area contributed by atoms with Gasteiger partial charge in [0.05, 0.1) is 18.5 Å². The van der Waals surface area contributed by atoms with E-state index < -0.39 is 17.7 Å². The van der Waals surface area contributed by atoms with Crippen LogP contribution in [0.1, 0.15) is 25.8 Å². The fraction of sp³-hybridized carbons (Fsp3) is 0.250. The number of hydrogen-bond donors (Lipinski definition) is 2. The molecule has 1 atom stereocenters. The molecule has 2 aromatic carbocycles. The van der Waals surface area contributed by atoms with Crippen molar-refractivity contribution in [2.45, 2.75) is 20.3 Å². The lowest BCUT2D eigenvalue weighted by atomic mass is 10.1. The Morgan fingerprint density at radius 1 is 1.25 bits per heavy atom. The predicted molar refractivity (Wildman–Crippen MR) is 115 cm³/mol. The molecule has 0 bridgehead atoms. The Morgan fingerprint density at radius 3 is 2.71 bits per heavy atom. The fourth-order valence-corrected chi connectivity index (χ4v) is 2.71. The Labute approximate surface area is 177 Å². The molecule has 0 saturated heterocycles. The van der Waals surface area contributed by atoms with Gasteiger partial charge in [-0.2, -0.15) is 5.10 Å². The van der Waals surface area contributed by atoms with Crippen molar-refractivity contribution in [3.63, 3.8) is 0 Å². The van der Waals surface area contributed by atoms with Crippen LogP contribution in [0.2, 0.25) is 5.02 Å². The van der Waals surface area contributed by atoms with E-state index in [0.29, 0.717) is 28.6 Å². The van der Waals surface area contributed by atoms with Gasteiger partial charge >= 0.3 is 0 Å². The Bertz CT molecular complexity index is 874. The molecule has 0 aliphatic rings. The zero-order valence-electron chi connectivity index (χ0n) is 15.5. The first kappa shape index (κ1) is 21.9. The lowest BCUT2D eigenvalue weighted by Gasteiger charge is -2.12. The number of nitrogens with one attached hydrogen (secondary N) is 2. The van der Waals surface area contributed by atoms with E-state index in [0.717, 1.165) is 10.9 Å². The number of para-hydroxylation sites is 1. The van der Waals surface area contributed by atoms with Gasteiger partial charge in [0.2, 0.25) is 5.91 Å². The van der Waals surface area contributed by atoms with Gasteiger partial charge in [0, 0.05) is 15.1 Å². The number of rotatable bonds is 8. The van der Waals surface area contributed by atoms with Crippen molar-refractivity contribution in [2.24, 2.45) is 11.0 Å². The van der Waals surface area contributed by atoms with Crippen molar-refractivity contribution < 1.29 is 14.3 Å². The molecular weight excluding hydrogens is 446 g/mol. The van der Waals surface area contributed by atoms with Gasteiger partial charge in [-0.1, -0.05) is 30.7 Å². The molecule has 0 fully saturated rings. The molecule has 0 saturated carbocycles. The number of hydrazone groups is 1. The highest BCUT2D eigenvalue weighted by Gasteiger charge is 2.21. The molecule has 2 rings (SSSR count). The number of anilines is 1. The highest BCUT2D eigenvalue weighted by molar-refractivity contribution is 9.10. The summed E-state index contributed by atoms with van der Waals surface area (Å²) in [5, 5.41) is 7.16. The standard InChI is InChI=1S/C20H21BrClN3O3/c1-3-10-28-18-9-8-15(22)11-14(18)12-23-25-20(27)13(2)19(26)24-17-7-5-4-6-16(17)21/h4-9,11-13H,3,10H2,1-2H3,(H,24,26)(H,25,27). The Morgan fingerprint density at radius 2 is 2.00 bits per heavy atom. The normalized spacial score (nSPS) is 11.9. The summed E-state index contributed by atoms with van der Waals surface area (Å²) in [6, 6.07) is 12.3. The largest absolute Gasteiger partial charge is 0.493 e. The van der Waals surface area contributed by atoms with Gasteiger partial charge in [-0.15, -0.1) is 0 Å². The van der Waals surface area contributed by atoms with Crippen molar-refractivity contribution in [1.29, 1.82) is 0 Å². The minimum absolute atomic E-state index is 0.436. The number of carbonyl (C=O) groups is 2. The molecular formula is C20H21BrClN3O3. The van der Waals surface area contributed by atoms with Crippen molar-refractivity contribution in [3.8, 4) is 5.75 Å². The molecule has 2 amide bonds. The van der Waals surface area contributed by atoms with Gasteiger partial charge in [0.1, 0.15) is 11.7 Å². The average Bonchev–Trinajstić information content (AvgIpc) is 2.68. The first-order valence-electron chi connectivity index (χ1n) is 8.73. The lowest BCUT2D eigenvalue weighted by Crippen LogP contribution is -2.34. The van der Waals surface area contributed by atoms with E-state index in [2.05, 4.69) is 31.8 Å². The third-order valence-electron chi connectivity index (χ3n) is 3.73. The summed E-state index contributed by atoms with van der Waals surface area (Å²) >= 11 is 9.36. The number of ether oxygens (including phenoxy) is 1. The smallest absolute Gasteiger partial charge is 0.252 e. The van der Waals surface area contributed by atoms with Crippen LogP contribution in [0.4, 0.5) is 5.69 Å². The van der Waals surface area contributed by atoms with E-state index in [1.165, 1.54) is 13.1 Å². The molecule has 2 N–H and O–H groups in total. The molecule has 148 valence electrons. The van der Waals surface area contributed by atoms with E-state index in [9.17, 15) is 9.59 Å². The molecule has 0 heterocycles. The summed E-state index contributed by atoms with van der Waals surface area (Å²) in [6.07, 6.45) is 2.30. The second-order valence-corrected chi connectivity index (χ2v) is 7.25. The molecule has 2 aromatic rings. The second-order valence-electron chi connectivity index (χ2n) is 5.96. The van der Waals surface area contributed by atoms with Gasteiger partial charge in [-0.25, -0.2) is 5.43 Å². The average molecular weight is 467 g/mol. The molecule has 8 heteroatoms. The number of hydrogen-bond acceptors (Lipinski definition) is 4. The number of nitrogens with zero attached hydrogens (tertiary/aromatic N) is 1. The van der Waals surface area contributed by atoms with Gasteiger partial charge in [0.15, 0.2) is 0 Å². The van der Waals surface area contributed by atoms with Crippen molar-refractivity contribution in [3.05, 3.63) is 57.5 Å². The van der Waals surface area contributed by atoms with Crippen LogP contribution in [0.5, 0.6) is 5.75 Å². The zero-order valence-corrected chi connectivity index (χ0v) is 17.9. The highest BCUT2D eigenvalue weighted by Crippen LogP contribution is 2.22. The van der Waals surface area contributed by atoms with Crippen LogP contribution in [0.3, 0.4) is 0 Å². The van der Waals surface area contributed by atoms with Gasteiger partial charge < -0.3 is 10.1 Å². The first-order valence-corrected chi connectivity index (χ1v) is 9.90. The van der Waals surface area contributed by atoms with E-state index in [1.807, 2.05) is 13.0 Å². The molecule has 0 aliphatic heterocycles. The third-order valence-corrected chi connectivity index (χ3v) is 4.66. The molecule has 0 aliphatic carbocycles. The fourth-order valence-electron chi connectivity index (χ4n) is 2.15. The molecule has 28 heavy (non-hydrogen) atoms. The van der Waals surface area contributed by atoms with Crippen molar-refractivity contribution in [1.82, 2.24) is 5.43 Å². The monoisotopic (exact) mass is 465 g/mol. The summed E-state index contributed by atoms with van der Waals surface area (Å²) < 4.78 is 6.36. The molecule has 0 aromatic heterocycles. The van der Waals surface area contributed by atoms with Crippen molar-refractivity contribution >= 4 is 51.2 Å². The SMILES string of the molecule is CCCOc1ccc(Cl)cc1C=NNC(=O)C(C)C(=O)Nc1ccccc1Br. The maximum Gasteiger partial charge on any atom is 0.252 e. The highest BCUT2D eigenvalue weighted by atomic mass is 79.9. The van der Waals surface area contributed by atoms with Crippen LogP contribution < -0.4 is 15.5 Å². The van der Waals surface area contributed by atoms with Crippen LogP contribution in [0.15, 0.2) is 52.0 Å². The van der Waals surface area contributed by atoms with Gasteiger partial charge in [-0.3, -0.25) is 9.59 Å². The number of benzene rings is 2. The number of carbonyl (C=O) groups excluding carboxylic acids is 2. The topological polar surface area (TPSA) is 79.8 Å². The summed E-state index contributed by atoms with van der Waals surface area (Å²) in [5.74, 6) is -1.28. The van der Waals surface area contributed by atoms with E-state index >= 15 is 0 Å². The summed E-state index contributed by atoms with van der Waals surface area (Å²) in [6.45, 7) is 4.07. The number of halogens is 2. The summed E-state index contributed by atoms with van der Waals surface area (Å²) in [4.78, 5) is 24.5. The quantitative estimate of drug-likeness (QED) is 0.338. The zero-order chi connectivity index (χ0) is 20.5. The van der Waals surface area contributed by atoms with Gasteiger partial charge in [-0.05, 0) is 59.6 Å². The maximum atomic E-state index is 12.3. The molecule has 0 radical (unpaired) electrons. The van der Waals surface area contributed by atoms with Crippen LogP contribution in [0, 0.1) is 5.92 Å². The van der Waals surface area contributed by atoms with E-state index in [-0.39, 0.29) is 0 Å². The predicted octanol–water partition coefficient (Wildman–Crippen LogP) is 4.62. The second kappa shape index (κ2) is 10.8. The van der Waals surface area contributed by atoms with Crippen LogP contribution in [-0.2, 0) is 9.59 Å². The Balaban J connectivity index is 1.98. The van der Waals surface area contributed by atoms with Crippen LogP contribution >= 0.6 is 27.5 Å². The summed E-state index contributed by atoms with van der Waals surface area (Å²) in [7, 11) is 0. The minimum Gasteiger partial charge on any atom is -0.493 e. The van der Waals surface area contributed by atoms with E-state index in [1.54, 1.807) is 36.4 Å². The molecule has 6 nitrogen and oxygen atoms in total. The lowest BCUT2D eigenvalue weighted by molar-refractivity contribution is -0.131. The maximum absolute atomic E-state index is 12.3. The minimum atomic E-state index is -0.931. The number of amides is 2. The van der Waals surface area contributed by atoms with Crippen LogP contribution in [-0.4, -0.2) is 24.6 Å². The third kappa shape index (κ3) is 6.35. The van der Waals surface area contributed by atoms with E-state index in [4.69, 9.17) is 16.3 Å². The molecule has 1 unspecified atom stereocenters. The van der Waals surface area contributed by atoms with Gasteiger partial charge in [0.25, 0.3) is 5.91 Å². The molecule has 0 spiro atoms. The van der Waals surface area contributed by atoms with Crippen LogP contribution in [0.25, 0.3) is 0 Å². The first-order chi connectivity index (χ1) is 13.4.